The number of ether oxygens (including phenoxy) is 1. The van der Waals surface area contributed by atoms with Gasteiger partial charge in [0.1, 0.15) is 18.3 Å². The topological polar surface area (TPSA) is 134 Å². The average Bonchev–Trinajstić information content (AvgIpc) is 3.23. The Hall–Kier alpha value is -0.816. The number of nitrogens with zero attached hydrogens (tertiary/aromatic N) is 2. The van der Waals surface area contributed by atoms with Crippen LogP contribution in [0, 0.1) is 3.57 Å². The molecule has 2 aliphatic rings. The normalized spacial score (nSPS) is 28.3. The van der Waals surface area contributed by atoms with Crippen LogP contribution < -0.4 is 11.3 Å². The maximum absolute atomic E-state index is 12.6. The minimum Gasteiger partial charge on any atom is -0.414 e. The van der Waals surface area contributed by atoms with E-state index in [0.29, 0.717) is 14.6 Å². The summed E-state index contributed by atoms with van der Waals surface area (Å²) in [5, 5.41) is 12.0. The molecule has 4 heterocycles. The zero-order chi connectivity index (χ0) is 26.7. The minimum absolute atomic E-state index is 0.00502. The van der Waals surface area contributed by atoms with E-state index in [2.05, 4.69) is 87.9 Å². The summed E-state index contributed by atoms with van der Waals surface area (Å²) in [4.78, 5) is 19.5. The summed E-state index contributed by atoms with van der Waals surface area (Å²) in [5.74, 6) is 0.00502. The van der Waals surface area contributed by atoms with E-state index in [1.807, 2.05) is 0 Å². The van der Waals surface area contributed by atoms with Crippen molar-refractivity contribution in [2.45, 2.75) is 102 Å². The van der Waals surface area contributed by atoms with Crippen molar-refractivity contribution in [1.82, 2.24) is 14.5 Å². The summed E-state index contributed by atoms with van der Waals surface area (Å²) in [7, 11) is -5.64. The number of aliphatic hydroxyl groups is 1. The number of hydrogen-bond acceptors (Lipinski definition) is 8. The van der Waals surface area contributed by atoms with Gasteiger partial charge in [0, 0.05) is 9.77 Å². The summed E-state index contributed by atoms with van der Waals surface area (Å²) >= 11 is 2.08. The highest BCUT2D eigenvalue weighted by molar-refractivity contribution is 14.1. The van der Waals surface area contributed by atoms with E-state index < -0.39 is 41.7 Å². The van der Waals surface area contributed by atoms with Crippen LogP contribution in [0.25, 0.3) is 11.0 Å². The lowest BCUT2D eigenvalue weighted by Gasteiger charge is -2.51. The van der Waals surface area contributed by atoms with E-state index >= 15 is 0 Å². The highest BCUT2D eigenvalue weighted by Gasteiger charge is 2.61. The van der Waals surface area contributed by atoms with Crippen molar-refractivity contribution < 1.29 is 22.8 Å². The van der Waals surface area contributed by atoms with Crippen LogP contribution in [0.3, 0.4) is 0 Å². The number of anilines is 1. The molecule has 0 unspecified atom stereocenters. The van der Waals surface area contributed by atoms with E-state index in [1.165, 1.54) is 0 Å². The van der Waals surface area contributed by atoms with Gasteiger partial charge in [0.25, 0.3) is 5.56 Å². The first kappa shape index (κ1) is 28.2. The largest absolute Gasteiger partial charge is 0.414 e. The molecular weight excluding hydrogens is 611 g/mol. The number of fused-ring (bicyclic) bond motifs is 2. The number of H-pyrrole nitrogens is 1. The van der Waals surface area contributed by atoms with Gasteiger partial charge in [-0.05, 0) is 44.8 Å². The SMILES string of the molecule is CC(C)[Si]1(C(C)C)OC[C@H]2O[C@@H](n3cc(I)c4c(=O)[nH]c(N)nc43)[C@@H](O)[C@H]2O[Si](C(C)C)(C(C)C)O1. The van der Waals surface area contributed by atoms with Crippen molar-refractivity contribution in [1.29, 1.82) is 0 Å². The molecule has 0 amide bonds. The zero-order valence-electron chi connectivity index (χ0n) is 22.2. The predicted molar refractivity (Wildman–Crippen MR) is 151 cm³/mol. The van der Waals surface area contributed by atoms with Crippen molar-refractivity contribution in [2.75, 3.05) is 12.3 Å². The first-order chi connectivity index (χ1) is 16.7. The summed E-state index contributed by atoms with van der Waals surface area (Å²) in [6.07, 6.45) is -1.23. The molecule has 0 saturated carbocycles. The van der Waals surface area contributed by atoms with Crippen LogP contribution in [-0.4, -0.2) is 61.7 Å². The van der Waals surface area contributed by atoms with Crippen molar-refractivity contribution >= 4 is 56.7 Å². The molecule has 10 nitrogen and oxygen atoms in total. The van der Waals surface area contributed by atoms with E-state index in [-0.39, 0.29) is 40.3 Å². The summed E-state index contributed by atoms with van der Waals surface area (Å²) in [6, 6.07) is 0. The number of aromatic nitrogens is 3. The first-order valence-corrected chi connectivity index (χ1v) is 17.7. The van der Waals surface area contributed by atoms with Gasteiger partial charge in [-0.1, -0.05) is 55.4 Å². The molecule has 4 atom stereocenters. The van der Waals surface area contributed by atoms with Gasteiger partial charge in [-0.2, -0.15) is 4.98 Å². The second kappa shape index (κ2) is 10.1. The standard InChI is InChI=1S/C23H39IN4O6Si2/c1-11(2)35(12(3)4)31-10-16-19(33-36(34-35,13(5)6)14(7)8)18(29)22(32-16)28-9-15(24)17-20(28)26-23(25)27-21(17)30/h9,11-14,16,18-19,22,29H,10H2,1-8H3,(H3,25,26,27,30)/t16-,18+,19+,22-/m1/s1. The van der Waals surface area contributed by atoms with Crippen molar-refractivity contribution in [2.24, 2.45) is 0 Å². The molecule has 36 heavy (non-hydrogen) atoms. The number of aliphatic hydroxyl groups excluding tert-OH is 1. The number of nitrogens with one attached hydrogen (secondary N) is 1. The summed E-state index contributed by atoms with van der Waals surface area (Å²) in [5.41, 5.74) is 6.55. The lowest BCUT2D eigenvalue weighted by Crippen LogP contribution is -2.65. The van der Waals surface area contributed by atoms with Crippen molar-refractivity contribution in [3.63, 3.8) is 0 Å². The van der Waals surface area contributed by atoms with Crippen LogP contribution in [0.5, 0.6) is 0 Å². The van der Waals surface area contributed by atoms with Crippen molar-refractivity contribution in [3.05, 3.63) is 20.1 Å². The molecule has 13 heteroatoms. The Morgan fingerprint density at radius 2 is 1.69 bits per heavy atom. The molecule has 2 aromatic rings. The van der Waals surface area contributed by atoms with Crippen LogP contribution in [0.15, 0.2) is 11.0 Å². The molecule has 0 aromatic carbocycles. The molecule has 202 valence electrons. The molecule has 0 radical (unpaired) electrons. The second-order valence-corrected chi connectivity index (χ2v) is 21.2. The Bertz CT molecular complexity index is 1150. The van der Waals surface area contributed by atoms with Gasteiger partial charge in [-0.25, -0.2) is 0 Å². The van der Waals surface area contributed by atoms with Gasteiger partial charge in [0.2, 0.25) is 5.95 Å². The average molecular weight is 651 g/mol. The van der Waals surface area contributed by atoms with Gasteiger partial charge < -0.3 is 33.1 Å². The van der Waals surface area contributed by atoms with Gasteiger partial charge in [-0.3, -0.25) is 9.78 Å². The second-order valence-electron chi connectivity index (χ2n) is 11.1. The first-order valence-electron chi connectivity index (χ1n) is 12.7. The fourth-order valence-corrected chi connectivity index (χ4v) is 17.7. The number of rotatable bonds is 5. The maximum Gasteiger partial charge on any atom is 0.335 e. The van der Waals surface area contributed by atoms with Gasteiger partial charge >= 0.3 is 17.1 Å². The van der Waals surface area contributed by atoms with Crippen LogP contribution in [0.1, 0.15) is 61.6 Å². The van der Waals surface area contributed by atoms with Crippen LogP contribution in [0.4, 0.5) is 5.95 Å². The van der Waals surface area contributed by atoms with Crippen LogP contribution >= 0.6 is 22.6 Å². The third-order valence-corrected chi connectivity index (χ3v) is 18.6. The van der Waals surface area contributed by atoms with E-state index in [1.54, 1.807) is 10.8 Å². The Kier molecular flexibility index (Phi) is 7.88. The molecule has 2 aromatic heterocycles. The van der Waals surface area contributed by atoms with Gasteiger partial charge in [0.15, 0.2) is 11.9 Å². The molecule has 0 spiro atoms. The highest BCUT2D eigenvalue weighted by Crippen LogP contribution is 2.48. The number of nitrogens with two attached hydrogens (primary N) is 1. The molecule has 4 rings (SSSR count). The highest BCUT2D eigenvalue weighted by atomic mass is 127. The Labute approximate surface area is 227 Å². The van der Waals surface area contributed by atoms with Gasteiger partial charge in [-0.15, -0.1) is 0 Å². The Balaban J connectivity index is 1.81. The quantitative estimate of drug-likeness (QED) is 0.325. The molecule has 2 fully saturated rings. The zero-order valence-corrected chi connectivity index (χ0v) is 26.4. The number of nitrogen functional groups attached to an aromatic ring is 1. The fourth-order valence-electron chi connectivity index (χ4n) is 5.69. The summed E-state index contributed by atoms with van der Waals surface area (Å²) < 4.78 is 29.8. The minimum atomic E-state index is -2.91. The Morgan fingerprint density at radius 3 is 2.25 bits per heavy atom. The number of aromatic amines is 1. The monoisotopic (exact) mass is 650 g/mol. The molecule has 2 saturated heterocycles. The number of halogens is 1. The fraction of sp³-hybridized carbons (Fsp3) is 0.739. The molecular formula is C23H39IN4O6Si2. The van der Waals surface area contributed by atoms with Crippen LogP contribution in [0.2, 0.25) is 22.2 Å². The molecule has 2 aliphatic heterocycles. The smallest absolute Gasteiger partial charge is 0.335 e. The summed E-state index contributed by atoms with van der Waals surface area (Å²) in [6.45, 7) is 17.5. The predicted octanol–water partition coefficient (Wildman–Crippen LogP) is 4.13. The van der Waals surface area contributed by atoms with Crippen LogP contribution in [-0.2, 0) is 17.7 Å². The lowest BCUT2D eigenvalue weighted by molar-refractivity contribution is -0.0568. The van der Waals surface area contributed by atoms with E-state index in [4.69, 9.17) is 23.4 Å². The molecule has 0 aliphatic carbocycles. The van der Waals surface area contributed by atoms with Gasteiger partial charge in [0.05, 0.1) is 12.0 Å². The third-order valence-electron chi connectivity index (χ3n) is 7.57. The molecule has 4 N–H and O–H groups in total. The Morgan fingerprint density at radius 1 is 1.11 bits per heavy atom. The third kappa shape index (κ3) is 4.42. The molecule has 0 bridgehead atoms. The van der Waals surface area contributed by atoms with E-state index in [0.717, 1.165) is 0 Å². The number of hydrogen-bond donors (Lipinski definition) is 3. The van der Waals surface area contributed by atoms with Crippen molar-refractivity contribution in [3.8, 4) is 0 Å². The lowest BCUT2D eigenvalue weighted by atomic mass is 10.1. The van der Waals surface area contributed by atoms with E-state index in [9.17, 15) is 9.90 Å². The maximum atomic E-state index is 12.6.